The average molecular weight is 883 g/mol. The number of hydrogen-bond donors (Lipinski definition) is 3. The molecule has 1 heterocycles. The number of phenolic OH excluding ortho intramolecular Hbond substituents is 1. The van der Waals surface area contributed by atoms with E-state index < -0.39 is 11.2 Å². The van der Waals surface area contributed by atoms with Crippen molar-refractivity contribution in [3.8, 4) is 11.5 Å². The highest BCUT2D eigenvalue weighted by molar-refractivity contribution is 5.71. The summed E-state index contributed by atoms with van der Waals surface area (Å²) in [6.07, 6.45) is 23.7. The van der Waals surface area contributed by atoms with Crippen LogP contribution in [0, 0.1) is 27.7 Å². The molecular formula is C59H78O6. The summed E-state index contributed by atoms with van der Waals surface area (Å²) in [5.74, 6) is 1.07. The molecular weight excluding hydrogens is 805 g/mol. The van der Waals surface area contributed by atoms with Crippen molar-refractivity contribution in [2.24, 2.45) is 0 Å². The summed E-state index contributed by atoms with van der Waals surface area (Å²) in [5.41, 5.74) is 10.6. The number of aromatic hydroxyl groups is 1. The number of aryl methyl sites for hydroxylation is 4. The number of hydrogen-bond acceptors (Lipinski definition) is 6. The van der Waals surface area contributed by atoms with Crippen molar-refractivity contribution in [3.05, 3.63) is 141 Å². The van der Waals surface area contributed by atoms with E-state index in [0.29, 0.717) is 18.8 Å². The minimum Gasteiger partial charge on any atom is -0.508 e. The van der Waals surface area contributed by atoms with Gasteiger partial charge < -0.3 is 24.8 Å². The monoisotopic (exact) mass is 883 g/mol. The van der Waals surface area contributed by atoms with Gasteiger partial charge in [0.1, 0.15) is 24.2 Å². The summed E-state index contributed by atoms with van der Waals surface area (Å²) in [6, 6.07) is 26.1. The van der Waals surface area contributed by atoms with Crippen molar-refractivity contribution >= 4 is 18.1 Å². The molecule has 2 aliphatic carbocycles. The van der Waals surface area contributed by atoms with E-state index in [1.165, 1.54) is 57.3 Å². The Kier molecular flexibility index (Phi) is 16.7. The first kappa shape index (κ1) is 49.8. The van der Waals surface area contributed by atoms with E-state index in [4.69, 9.17) is 9.47 Å². The van der Waals surface area contributed by atoms with Gasteiger partial charge in [0.05, 0.1) is 11.2 Å². The molecule has 0 spiro atoms. The molecule has 0 unspecified atom stereocenters. The summed E-state index contributed by atoms with van der Waals surface area (Å²) < 4.78 is 11.3. The molecule has 3 N–H and O–H groups in total. The molecule has 4 aromatic carbocycles. The molecule has 6 nitrogen and oxygen atoms in total. The predicted molar refractivity (Wildman–Crippen MR) is 268 cm³/mol. The highest BCUT2D eigenvalue weighted by Gasteiger charge is 2.34. The van der Waals surface area contributed by atoms with Gasteiger partial charge in [-0.1, -0.05) is 151 Å². The van der Waals surface area contributed by atoms with Gasteiger partial charge in [-0.3, -0.25) is 4.79 Å². The molecule has 4 aromatic rings. The Morgan fingerprint density at radius 3 is 1.40 bits per heavy atom. The Labute approximate surface area is 391 Å². The molecule has 7 rings (SSSR count). The van der Waals surface area contributed by atoms with Crippen LogP contribution in [0.2, 0.25) is 0 Å². The van der Waals surface area contributed by atoms with E-state index in [1.54, 1.807) is 0 Å². The van der Waals surface area contributed by atoms with Gasteiger partial charge in [-0.05, 0) is 153 Å². The number of cyclic esters (lactones) is 1. The van der Waals surface area contributed by atoms with Gasteiger partial charge in [0.25, 0.3) is 0 Å². The lowest BCUT2D eigenvalue weighted by atomic mass is 9.70. The van der Waals surface area contributed by atoms with Crippen molar-refractivity contribution in [1.29, 1.82) is 0 Å². The maximum Gasteiger partial charge on any atom is 0.306 e. The highest BCUT2D eigenvalue weighted by Crippen LogP contribution is 2.43. The number of esters is 1. The molecule has 0 bridgehead atoms. The van der Waals surface area contributed by atoms with Gasteiger partial charge in [0.2, 0.25) is 0 Å². The number of aliphatic hydroxyl groups is 2. The zero-order valence-electron chi connectivity index (χ0n) is 40.9. The van der Waals surface area contributed by atoms with Crippen LogP contribution in [0.3, 0.4) is 0 Å². The maximum atomic E-state index is 11.4. The van der Waals surface area contributed by atoms with Gasteiger partial charge in [-0.25, -0.2) is 0 Å². The minimum absolute atomic E-state index is 0.0625. The molecule has 1 atom stereocenters. The maximum absolute atomic E-state index is 11.4. The summed E-state index contributed by atoms with van der Waals surface area (Å²) >= 11 is 0. The van der Waals surface area contributed by atoms with E-state index in [0.717, 1.165) is 100 Å². The first-order valence-electron chi connectivity index (χ1n) is 24.9. The summed E-state index contributed by atoms with van der Waals surface area (Å²) in [7, 11) is 0. The van der Waals surface area contributed by atoms with Crippen LogP contribution >= 0.6 is 0 Å². The number of benzene rings is 4. The third kappa shape index (κ3) is 11.7. The summed E-state index contributed by atoms with van der Waals surface area (Å²) in [5, 5.41) is 31.6. The second-order valence-corrected chi connectivity index (χ2v) is 19.7. The predicted octanol–water partition coefficient (Wildman–Crippen LogP) is 14.0. The second-order valence-electron chi connectivity index (χ2n) is 19.7. The number of rotatable bonds is 15. The molecule has 350 valence electrons. The molecule has 2 saturated carbocycles. The van der Waals surface area contributed by atoms with Crippen LogP contribution in [0.15, 0.2) is 84.9 Å². The van der Waals surface area contributed by atoms with Crippen LogP contribution in [0.25, 0.3) is 12.2 Å². The Hall–Kier alpha value is -4.65. The molecule has 1 aliphatic heterocycles. The van der Waals surface area contributed by atoms with Crippen LogP contribution in [-0.4, -0.2) is 45.2 Å². The normalized spacial score (nSPS) is 18.7. The number of ether oxygens (including phenoxy) is 2. The van der Waals surface area contributed by atoms with Crippen LogP contribution in [0.5, 0.6) is 11.5 Å². The fourth-order valence-corrected chi connectivity index (χ4v) is 10.9. The molecule has 1 saturated heterocycles. The van der Waals surface area contributed by atoms with E-state index >= 15 is 0 Å². The van der Waals surface area contributed by atoms with Gasteiger partial charge >= 0.3 is 5.97 Å². The Bertz CT molecular complexity index is 2280. The lowest BCUT2D eigenvalue weighted by Crippen LogP contribution is -2.28. The van der Waals surface area contributed by atoms with Crippen LogP contribution in [0.1, 0.15) is 186 Å². The van der Waals surface area contributed by atoms with E-state index in [9.17, 15) is 20.1 Å². The molecule has 0 radical (unpaired) electrons. The standard InChI is InChI=1S/C32H42O4.C27H36O2/c1-5-32(6-2,27-12-14-29(24(4)21-27)35-22-28-13-15-30(33)36-28)26-11-10-25(23(3)20-26)16-19-31(34)17-8-7-9-18-31;1-5-27(6-2,24-12-13-25(28)21(4)19-24)23-11-10-22(20(3)18-23)14-17-26(29)15-8-7-9-16-26/h10-12,14,16,19-21,28,34H,5-9,13,15,17-18,22H2,1-4H3;10-14,17-19,28-29H,5-9,15-16H2,1-4H3/b19-16+;17-14+/t28-;/m0./s1. The van der Waals surface area contributed by atoms with Crippen molar-refractivity contribution in [3.63, 3.8) is 0 Å². The van der Waals surface area contributed by atoms with Crippen molar-refractivity contribution < 1.29 is 29.6 Å². The highest BCUT2D eigenvalue weighted by atomic mass is 16.6. The lowest BCUT2D eigenvalue weighted by Gasteiger charge is -2.34. The van der Waals surface area contributed by atoms with Crippen LogP contribution in [0.4, 0.5) is 0 Å². The van der Waals surface area contributed by atoms with E-state index in [1.807, 2.05) is 25.1 Å². The zero-order chi connectivity index (χ0) is 46.8. The number of phenols is 1. The average Bonchev–Trinajstić information content (AvgIpc) is 3.73. The Balaban J connectivity index is 0.000000221. The topological polar surface area (TPSA) is 96.2 Å². The van der Waals surface area contributed by atoms with Crippen molar-refractivity contribution in [1.82, 2.24) is 0 Å². The summed E-state index contributed by atoms with van der Waals surface area (Å²) in [4.78, 5) is 11.4. The molecule has 6 heteroatoms. The fraction of sp³-hybridized carbons (Fsp3) is 0.508. The van der Waals surface area contributed by atoms with E-state index in [2.05, 4.69) is 127 Å². The van der Waals surface area contributed by atoms with Crippen molar-refractivity contribution in [2.75, 3.05) is 6.61 Å². The minimum atomic E-state index is -0.652. The first-order chi connectivity index (χ1) is 31.1. The van der Waals surface area contributed by atoms with Crippen LogP contribution in [-0.2, 0) is 20.4 Å². The Morgan fingerprint density at radius 1 is 0.600 bits per heavy atom. The molecule has 3 aliphatic rings. The third-order valence-electron chi connectivity index (χ3n) is 15.5. The fourth-order valence-electron chi connectivity index (χ4n) is 10.9. The molecule has 0 amide bonds. The van der Waals surface area contributed by atoms with Gasteiger partial charge in [0.15, 0.2) is 0 Å². The van der Waals surface area contributed by atoms with Gasteiger partial charge in [-0.15, -0.1) is 0 Å². The molecule has 0 aromatic heterocycles. The quantitative estimate of drug-likeness (QED) is 0.103. The number of carbonyl (C=O) groups is 1. The van der Waals surface area contributed by atoms with Crippen molar-refractivity contribution in [2.45, 2.75) is 186 Å². The third-order valence-corrected chi connectivity index (χ3v) is 15.5. The van der Waals surface area contributed by atoms with Gasteiger partial charge in [0, 0.05) is 17.3 Å². The number of carbonyl (C=O) groups excluding carboxylic acids is 1. The summed E-state index contributed by atoms with van der Waals surface area (Å²) in [6.45, 7) is 17.8. The van der Waals surface area contributed by atoms with Gasteiger partial charge in [-0.2, -0.15) is 0 Å². The van der Waals surface area contributed by atoms with Crippen LogP contribution < -0.4 is 4.74 Å². The molecule has 3 fully saturated rings. The second kappa shape index (κ2) is 21.8. The smallest absolute Gasteiger partial charge is 0.306 e. The Morgan fingerprint density at radius 2 is 1.02 bits per heavy atom. The lowest BCUT2D eigenvalue weighted by molar-refractivity contribution is -0.142. The SMILES string of the molecule is CCC(CC)(c1ccc(/C=C/C2(O)CCCCC2)c(C)c1)c1ccc(OC[C@@H]2CCC(=O)O2)c(C)c1.CCC(CC)(c1ccc(O)c(C)c1)c1ccc(/C=C/C2(O)CCCCC2)c(C)c1. The largest absolute Gasteiger partial charge is 0.508 e. The first-order valence-corrected chi connectivity index (χ1v) is 24.9. The zero-order valence-corrected chi connectivity index (χ0v) is 40.9. The molecule has 65 heavy (non-hydrogen) atoms. The van der Waals surface area contributed by atoms with E-state index in [-0.39, 0.29) is 22.9 Å².